The minimum Gasteiger partial charge on any atom is -0.338 e. The van der Waals surface area contributed by atoms with E-state index >= 15 is 0 Å². The normalized spacial score (nSPS) is 18.6. The Bertz CT molecular complexity index is 845. The number of halogens is 1. The molecular weight excluding hydrogens is 325 g/mol. The molecule has 2 aromatic heterocycles. The summed E-state index contributed by atoms with van der Waals surface area (Å²) < 4.78 is 23.8. The molecule has 1 atom stereocenters. The van der Waals surface area contributed by atoms with E-state index in [-0.39, 0.29) is 11.9 Å². The lowest BCUT2D eigenvalue weighted by atomic mass is 10.0. The van der Waals surface area contributed by atoms with Gasteiger partial charge in [-0.1, -0.05) is 16.7 Å². The molecule has 1 aromatic carbocycles. The van der Waals surface area contributed by atoms with Crippen molar-refractivity contribution >= 4 is 0 Å². The van der Waals surface area contributed by atoms with Gasteiger partial charge in [-0.15, -0.1) is 0 Å². The minimum atomic E-state index is -0.293. The van der Waals surface area contributed by atoms with Gasteiger partial charge in [0.1, 0.15) is 5.82 Å². The minimum absolute atomic E-state index is 0.0659. The molecule has 0 N–H and O–H groups in total. The first-order valence-electron chi connectivity index (χ1n) is 8.32. The number of aromatic nitrogens is 4. The van der Waals surface area contributed by atoms with E-state index in [0.29, 0.717) is 30.0 Å². The molecular formula is C17H18FN5O2. The van der Waals surface area contributed by atoms with Gasteiger partial charge in [-0.3, -0.25) is 4.90 Å². The second-order valence-electron chi connectivity index (χ2n) is 6.18. The lowest BCUT2D eigenvalue weighted by molar-refractivity contribution is 0.0986. The number of piperidine rings is 1. The highest BCUT2D eigenvalue weighted by atomic mass is 19.1. The molecule has 1 saturated heterocycles. The van der Waals surface area contributed by atoms with Crippen molar-refractivity contribution in [1.82, 2.24) is 25.2 Å². The van der Waals surface area contributed by atoms with Gasteiger partial charge < -0.3 is 9.05 Å². The Labute approximate surface area is 143 Å². The number of hydrogen-bond acceptors (Lipinski definition) is 7. The summed E-state index contributed by atoms with van der Waals surface area (Å²) in [7, 11) is 0. The molecule has 25 heavy (non-hydrogen) atoms. The molecule has 0 spiro atoms. The third-order valence-corrected chi connectivity index (χ3v) is 4.35. The van der Waals surface area contributed by atoms with Crippen molar-refractivity contribution in [2.75, 3.05) is 6.54 Å². The van der Waals surface area contributed by atoms with Gasteiger partial charge in [0.15, 0.2) is 5.82 Å². The van der Waals surface area contributed by atoms with E-state index in [1.807, 2.05) is 6.92 Å². The van der Waals surface area contributed by atoms with E-state index in [1.165, 1.54) is 12.1 Å². The highest BCUT2D eigenvalue weighted by Gasteiger charge is 2.29. The van der Waals surface area contributed by atoms with Crippen LogP contribution in [0.5, 0.6) is 0 Å². The third-order valence-electron chi connectivity index (χ3n) is 4.35. The van der Waals surface area contributed by atoms with Gasteiger partial charge in [-0.05, 0) is 50.6 Å². The molecule has 1 aliphatic heterocycles. The van der Waals surface area contributed by atoms with Crippen LogP contribution in [0.25, 0.3) is 11.4 Å². The zero-order valence-electron chi connectivity index (χ0n) is 13.9. The third kappa shape index (κ3) is 3.43. The Morgan fingerprint density at radius 3 is 2.72 bits per heavy atom. The fourth-order valence-electron chi connectivity index (χ4n) is 3.12. The van der Waals surface area contributed by atoms with Crippen LogP contribution in [-0.4, -0.2) is 31.7 Å². The Hall–Kier alpha value is -2.61. The fourth-order valence-corrected chi connectivity index (χ4v) is 3.12. The van der Waals surface area contributed by atoms with Crippen molar-refractivity contribution in [2.24, 2.45) is 0 Å². The van der Waals surface area contributed by atoms with Gasteiger partial charge in [0.25, 0.3) is 0 Å². The topological polar surface area (TPSA) is 81.1 Å². The van der Waals surface area contributed by atoms with E-state index in [4.69, 9.17) is 9.05 Å². The summed E-state index contributed by atoms with van der Waals surface area (Å²) in [5, 5.41) is 7.89. The maximum absolute atomic E-state index is 13.0. The molecule has 130 valence electrons. The number of rotatable bonds is 4. The van der Waals surface area contributed by atoms with Gasteiger partial charge in [0, 0.05) is 5.56 Å². The smallest absolute Gasteiger partial charge is 0.243 e. The maximum Gasteiger partial charge on any atom is 0.243 e. The summed E-state index contributed by atoms with van der Waals surface area (Å²) in [6.07, 6.45) is 3.18. The summed E-state index contributed by atoms with van der Waals surface area (Å²) >= 11 is 0. The first-order valence-corrected chi connectivity index (χ1v) is 8.32. The van der Waals surface area contributed by atoms with Gasteiger partial charge in [0.05, 0.1) is 12.6 Å². The van der Waals surface area contributed by atoms with E-state index < -0.39 is 0 Å². The van der Waals surface area contributed by atoms with E-state index in [0.717, 1.165) is 31.4 Å². The highest BCUT2D eigenvalue weighted by molar-refractivity contribution is 5.53. The van der Waals surface area contributed by atoms with Crippen molar-refractivity contribution < 1.29 is 13.4 Å². The molecule has 8 heteroatoms. The Morgan fingerprint density at radius 1 is 1.12 bits per heavy atom. The molecule has 0 saturated carbocycles. The molecule has 3 heterocycles. The monoisotopic (exact) mass is 343 g/mol. The van der Waals surface area contributed by atoms with Gasteiger partial charge >= 0.3 is 0 Å². The number of aryl methyl sites for hydroxylation is 1. The standard InChI is InChI=1S/C17H18FN5O2/c1-11-19-17(25-21-11)14-4-2-3-9-23(14)10-15-20-16(22-24-15)12-5-7-13(18)8-6-12/h5-8,14H,2-4,9-10H2,1H3. The number of likely N-dealkylation sites (tertiary alicyclic amines) is 1. The molecule has 4 rings (SSSR count). The summed E-state index contributed by atoms with van der Waals surface area (Å²) in [6, 6.07) is 6.09. The summed E-state index contributed by atoms with van der Waals surface area (Å²) in [4.78, 5) is 11.0. The zero-order chi connectivity index (χ0) is 17.2. The van der Waals surface area contributed by atoms with Crippen LogP contribution in [0, 0.1) is 12.7 Å². The maximum atomic E-state index is 13.0. The van der Waals surface area contributed by atoms with Gasteiger partial charge in [-0.25, -0.2) is 4.39 Å². The van der Waals surface area contributed by atoms with E-state index in [9.17, 15) is 4.39 Å². The molecule has 1 aliphatic rings. The molecule has 0 amide bonds. The summed E-state index contributed by atoms with van der Waals surface area (Å²) in [5.41, 5.74) is 0.721. The van der Waals surface area contributed by atoms with E-state index in [2.05, 4.69) is 25.2 Å². The van der Waals surface area contributed by atoms with Crippen LogP contribution in [0.4, 0.5) is 4.39 Å². The predicted molar refractivity (Wildman–Crippen MR) is 85.7 cm³/mol. The van der Waals surface area contributed by atoms with E-state index in [1.54, 1.807) is 12.1 Å². The van der Waals surface area contributed by atoms with Crippen molar-refractivity contribution in [2.45, 2.75) is 38.8 Å². The van der Waals surface area contributed by atoms with Crippen LogP contribution in [0.1, 0.15) is 42.9 Å². The molecule has 0 bridgehead atoms. The quantitative estimate of drug-likeness (QED) is 0.719. The Morgan fingerprint density at radius 2 is 1.96 bits per heavy atom. The molecule has 0 radical (unpaired) electrons. The first kappa shape index (κ1) is 15.9. The second kappa shape index (κ2) is 6.72. The SMILES string of the molecule is Cc1noc(C2CCCCN2Cc2nc(-c3ccc(F)cc3)no2)n1. The van der Waals surface area contributed by atoms with Crippen LogP contribution < -0.4 is 0 Å². The summed E-state index contributed by atoms with van der Waals surface area (Å²) in [5.74, 6) is 1.95. The Balaban J connectivity index is 1.51. The molecule has 7 nitrogen and oxygen atoms in total. The average Bonchev–Trinajstić information content (AvgIpc) is 3.25. The van der Waals surface area contributed by atoms with Gasteiger partial charge in [0.2, 0.25) is 17.6 Å². The van der Waals surface area contributed by atoms with Crippen LogP contribution in [0.15, 0.2) is 33.3 Å². The molecule has 1 fully saturated rings. The van der Waals surface area contributed by atoms with Crippen molar-refractivity contribution in [3.05, 3.63) is 47.7 Å². The zero-order valence-corrected chi connectivity index (χ0v) is 13.9. The van der Waals surface area contributed by atoms with Crippen molar-refractivity contribution in [3.63, 3.8) is 0 Å². The second-order valence-corrected chi connectivity index (χ2v) is 6.18. The van der Waals surface area contributed by atoms with Crippen LogP contribution in [0.2, 0.25) is 0 Å². The fraction of sp³-hybridized carbons (Fsp3) is 0.412. The van der Waals surface area contributed by atoms with Gasteiger partial charge in [-0.2, -0.15) is 9.97 Å². The number of benzene rings is 1. The number of hydrogen-bond donors (Lipinski definition) is 0. The number of nitrogens with zero attached hydrogens (tertiary/aromatic N) is 5. The van der Waals surface area contributed by atoms with Crippen molar-refractivity contribution in [3.8, 4) is 11.4 Å². The highest BCUT2D eigenvalue weighted by Crippen LogP contribution is 2.31. The predicted octanol–water partition coefficient (Wildman–Crippen LogP) is 3.29. The summed E-state index contributed by atoms with van der Waals surface area (Å²) in [6.45, 7) is 3.23. The van der Waals surface area contributed by atoms with Crippen LogP contribution in [0.3, 0.4) is 0 Å². The van der Waals surface area contributed by atoms with Crippen LogP contribution in [-0.2, 0) is 6.54 Å². The lowest BCUT2D eigenvalue weighted by Crippen LogP contribution is -2.33. The molecule has 1 unspecified atom stereocenters. The average molecular weight is 343 g/mol. The first-order chi connectivity index (χ1) is 12.2. The molecule has 3 aromatic rings. The Kier molecular flexibility index (Phi) is 4.27. The lowest BCUT2D eigenvalue weighted by Gasteiger charge is -2.31. The van der Waals surface area contributed by atoms with Crippen molar-refractivity contribution in [1.29, 1.82) is 0 Å². The molecule has 0 aliphatic carbocycles. The van der Waals surface area contributed by atoms with Crippen LogP contribution >= 0.6 is 0 Å². The largest absolute Gasteiger partial charge is 0.338 e.